The summed E-state index contributed by atoms with van der Waals surface area (Å²) in [4.78, 5) is 35.1. The number of carbonyl (C=O) groups is 3. The van der Waals surface area contributed by atoms with Crippen molar-refractivity contribution in [1.82, 2.24) is 0 Å². The molecule has 0 heterocycles. The van der Waals surface area contributed by atoms with E-state index in [0.717, 1.165) is 32.1 Å². The zero-order valence-electron chi connectivity index (χ0n) is 10.9. The van der Waals surface area contributed by atoms with Crippen molar-refractivity contribution < 1.29 is 23.9 Å². The van der Waals surface area contributed by atoms with Crippen molar-refractivity contribution in [2.75, 3.05) is 14.2 Å². The molecule has 1 aliphatic rings. The summed E-state index contributed by atoms with van der Waals surface area (Å²) in [5, 5.41) is 0. The van der Waals surface area contributed by atoms with E-state index in [1.54, 1.807) is 0 Å². The predicted octanol–water partition coefficient (Wildman–Crippen LogP) is 1.49. The molecular formula is C13H20O5. The minimum Gasteiger partial charge on any atom is -0.469 e. The molecule has 1 aliphatic carbocycles. The maximum absolute atomic E-state index is 12.2. The number of carbonyl (C=O) groups excluding carboxylic acids is 3. The molecule has 0 radical (unpaired) electrons. The molecule has 5 heteroatoms. The van der Waals surface area contributed by atoms with Crippen molar-refractivity contribution in [2.45, 2.75) is 38.5 Å². The molecule has 0 bridgehead atoms. The van der Waals surface area contributed by atoms with Gasteiger partial charge in [-0.05, 0) is 12.8 Å². The quantitative estimate of drug-likeness (QED) is 0.550. The average Bonchev–Trinajstić information content (AvgIpc) is 2.43. The maximum atomic E-state index is 12.2. The Labute approximate surface area is 107 Å². The van der Waals surface area contributed by atoms with Crippen LogP contribution in [0.1, 0.15) is 38.5 Å². The Kier molecular flexibility index (Phi) is 5.82. The predicted molar refractivity (Wildman–Crippen MR) is 63.7 cm³/mol. The Hall–Kier alpha value is -1.39. The van der Waals surface area contributed by atoms with E-state index < -0.39 is 17.9 Å². The van der Waals surface area contributed by atoms with Crippen LogP contribution in [0.2, 0.25) is 0 Å². The zero-order valence-corrected chi connectivity index (χ0v) is 10.9. The first-order chi connectivity index (χ1) is 8.60. The number of hydrogen-bond donors (Lipinski definition) is 0. The molecule has 102 valence electrons. The first-order valence-electron chi connectivity index (χ1n) is 6.28. The standard InChI is InChI=1S/C13H20O5/c1-17-11(14)8-10(13(16)18-2)12(15)9-6-4-3-5-7-9/h9-10H,3-8H2,1-2H3/t10-/m1/s1. The van der Waals surface area contributed by atoms with Crippen LogP contribution in [-0.4, -0.2) is 31.9 Å². The molecule has 0 unspecified atom stereocenters. The minimum atomic E-state index is -1.01. The fourth-order valence-electron chi connectivity index (χ4n) is 2.36. The Morgan fingerprint density at radius 1 is 1.06 bits per heavy atom. The number of esters is 2. The van der Waals surface area contributed by atoms with Crippen LogP contribution in [0.25, 0.3) is 0 Å². The van der Waals surface area contributed by atoms with Gasteiger partial charge < -0.3 is 9.47 Å². The SMILES string of the molecule is COC(=O)C[C@@H](C(=O)OC)C(=O)C1CCCCC1. The lowest BCUT2D eigenvalue weighted by molar-refractivity contribution is -0.156. The van der Waals surface area contributed by atoms with Crippen molar-refractivity contribution in [2.24, 2.45) is 11.8 Å². The molecule has 0 saturated heterocycles. The highest BCUT2D eigenvalue weighted by molar-refractivity contribution is 6.02. The van der Waals surface area contributed by atoms with Gasteiger partial charge in [0.25, 0.3) is 0 Å². The van der Waals surface area contributed by atoms with Gasteiger partial charge in [0.1, 0.15) is 5.92 Å². The molecule has 1 fully saturated rings. The number of rotatable bonds is 5. The number of hydrogen-bond acceptors (Lipinski definition) is 5. The summed E-state index contributed by atoms with van der Waals surface area (Å²) in [6, 6.07) is 0. The van der Waals surface area contributed by atoms with Crippen molar-refractivity contribution in [3.05, 3.63) is 0 Å². The average molecular weight is 256 g/mol. The Morgan fingerprint density at radius 3 is 2.17 bits per heavy atom. The number of ether oxygens (including phenoxy) is 2. The monoisotopic (exact) mass is 256 g/mol. The molecular weight excluding hydrogens is 236 g/mol. The highest BCUT2D eigenvalue weighted by Gasteiger charge is 2.35. The second-order valence-corrected chi connectivity index (χ2v) is 4.59. The lowest BCUT2D eigenvalue weighted by Crippen LogP contribution is -2.33. The summed E-state index contributed by atoms with van der Waals surface area (Å²) in [6.45, 7) is 0. The largest absolute Gasteiger partial charge is 0.469 e. The van der Waals surface area contributed by atoms with E-state index in [1.165, 1.54) is 14.2 Å². The molecule has 18 heavy (non-hydrogen) atoms. The summed E-state index contributed by atoms with van der Waals surface area (Å²) >= 11 is 0. The first-order valence-corrected chi connectivity index (χ1v) is 6.28. The fourth-order valence-corrected chi connectivity index (χ4v) is 2.36. The second-order valence-electron chi connectivity index (χ2n) is 4.59. The van der Waals surface area contributed by atoms with Crippen LogP contribution in [0, 0.1) is 11.8 Å². The third-order valence-electron chi connectivity index (χ3n) is 3.44. The van der Waals surface area contributed by atoms with Gasteiger partial charge in [-0.15, -0.1) is 0 Å². The highest BCUT2D eigenvalue weighted by Crippen LogP contribution is 2.28. The number of methoxy groups -OCH3 is 2. The lowest BCUT2D eigenvalue weighted by atomic mass is 9.80. The van der Waals surface area contributed by atoms with Gasteiger partial charge in [-0.1, -0.05) is 19.3 Å². The van der Waals surface area contributed by atoms with Crippen LogP contribution in [0.4, 0.5) is 0 Å². The summed E-state index contributed by atoms with van der Waals surface area (Å²) in [7, 11) is 2.46. The lowest BCUT2D eigenvalue weighted by Gasteiger charge is -2.23. The molecule has 1 rings (SSSR count). The van der Waals surface area contributed by atoms with Gasteiger partial charge in [0.15, 0.2) is 5.78 Å². The third-order valence-corrected chi connectivity index (χ3v) is 3.44. The van der Waals surface area contributed by atoms with E-state index in [1.807, 2.05) is 0 Å². The highest BCUT2D eigenvalue weighted by atomic mass is 16.5. The van der Waals surface area contributed by atoms with Crippen LogP contribution < -0.4 is 0 Å². The van der Waals surface area contributed by atoms with Crippen LogP contribution in [0.5, 0.6) is 0 Å². The van der Waals surface area contributed by atoms with Gasteiger partial charge in [0.05, 0.1) is 20.6 Å². The second kappa shape index (κ2) is 7.13. The van der Waals surface area contributed by atoms with Gasteiger partial charge in [-0.25, -0.2) is 0 Å². The Bertz CT molecular complexity index is 317. The van der Waals surface area contributed by atoms with E-state index in [0.29, 0.717) is 0 Å². The summed E-state index contributed by atoms with van der Waals surface area (Å²) < 4.78 is 9.12. The van der Waals surface area contributed by atoms with Crippen molar-refractivity contribution in [1.29, 1.82) is 0 Å². The summed E-state index contributed by atoms with van der Waals surface area (Å²) in [5.74, 6) is -2.50. The van der Waals surface area contributed by atoms with Crippen LogP contribution >= 0.6 is 0 Å². The van der Waals surface area contributed by atoms with Gasteiger partial charge in [-0.3, -0.25) is 14.4 Å². The molecule has 0 aromatic carbocycles. The van der Waals surface area contributed by atoms with Crippen LogP contribution in [-0.2, 0) is 23.9 Å². The third kappa shape index (κ3) is 3.82. The van der Waals surface area contributed by atoms with E-state index in [4.69, 9.17) is 0 Å². The van der Waals surface area contributed by atoms with E-state index in [2.05, 4.69) is 9.47 Å². The normalized spacial score (nSPS) is 17.9. The van der Waals surface area contributed by atoms with Gasteiger partial charge in [0, 0.05) is 5.92 Å². The number of Topliss-reactive ketones (excluding diaryl/α,β-unsaturated/α-hetero) is 1. The van der Waals surface area contributed by atoms with Crippen LogP contribution in [0.3, 0.4) is 0 Å². The molecule has 0 aromatic heterocycles. The topological polar surface area (TPSA) is 69.7 Å². The van der Waals surface area contributed by atoms with Crippen LogP contribution in [0.15, 0.2) is 0 Å². The zero-order chi connectivity index (χ0) is 13.5. The molecule has 0 aliphatic heterocycles. The van der Waals surface area contributed by atoms with Crippen molar-refractivity contribution >= 4 is 17.7 Å². The molecule has 0 N–H and O–H groups in total. The smallest absolute Gasteiger partial charge is 0.316 e. The van der Waals surface area contributed by atoms with E-state index in [9.17, 15) is 14.4 Å². The molecule has 0 aromatic rings. The molecule has 1 atom stereocenters. The van der Waals surface area contributed by atoms with E-state index in [-0.39, 0.29) is 18.1 Å². The number of ketones is 1. The maximum Gasteiger partial charge on any atom is 0.316 e. The molecule has 0 amide bonds. The van der Waals surface area contributed by atoms with E-state index >= 15 is 0 Å². The fraction of sp³-hybridized carbons (Fsp3) is 0.769. The summed E-state index contributed by atoms with van der Waals surface area (Å²) in [5.41, 5.74) is 0. The minimum absolute atomic E-state index is 0.118. The van der Waals surface area contributed by atoms with Gasteiger partial charge >= 0.3 is 11.9 Å². The summed E-state index contributed by atoms with van der Waals surface area (Å²) in [6.07, 6.45) is 4.51. The first kappa shape index (κ1) is 14.7. The Morgan fingerprint density at radius 2 is 1.67 bits per heavy atom. The van der Waals surface area contributed by atoms with Gasteiger partial charge in [0.2, 0.25) is 0 Å². The molecule has 5 nitrogen and oxygen atoms in total. The van der Waals surface area contributed by atoms with Crippen molar-refractivity contribution in [3.8, 4) is 0 Å². The van der Waals surface area contributed by atoms with Gasteiger partial charge in [-0.2, -0.15) is 0 Å². The Balaban J connectivity index is 2.71. The molecule has 1 saturated carbocycles. The van der Waals surface area contributed by atoms with Crippen molar-refractivity contribution in [3.63, 3.8) is 0 Å². The molecule has 0 spiro atoms.